The minimum absolute atomic E-state index is 0.293. The number of aliphatic hydroxyl groups is 1. The number of rotatable bonds is 2. The van der Waals surface area contributed by atoms with Crippen LogP contribution in [-0.2, 0) is 14.3 Å². The van der Waals surface area contributed by atoms with Crippen LogP contribution < -0.4 is 5.32 Å². The lowest BCUT2D eigenvalue weighted by Gasteiger charge is -2.53. The molecule has 0 aromatic carbocycles. The molecular formula is C13H23NO4. The number of hydrogen-bond acceptors (Lipinski definition) is 5. The fourth-order valence-electron chi connectivity index (χ4n) is 2.60. The topological polar surface area (TPSA) is 67.8 Å². The van der Waals surface area contributed by atoms with Crippen molar-refractivity contribution < 1.29 is 19.4 Å². The Morgan fingerprint density at radius 3 is 2.22 bits per heavy atom. The van der Waals surface area contributed by atoms with Crippen LogP contribution in [0.5, 0.6) is 0 Å². The van der Waals surface area contributed by atoms with Crippen LogP contribution in [0.15, 0.2) is 0 Å². The Kier molecular flexibility index (Phi) is 3.42. The van der Waals surface area contributed by atoms with Crippen LogP contribution in [0.25, 0.3) is 0 Å². The lowest BCUT2D eigenvalue weighted by Crippen LogP contribution is -2.71. The van der Waals surface area contributed by atoms with Crippen molar-refractivity contribution in [3.05, 3.63) is 0 Å². The molecule has 18 heavy (non-hydrogen) atoms. The summed E-state index contributed by atoms with van der Waals surface area (Å²) in [5.74, 6) is -0.293. The zero-order valence-electron chi connectivity index (χ0n) is 11.4. The minimum Gasteiger partial charge on any atom is -0.459 e. The second kappa shape index (κ2) is 4.47. The van der Waals surface area contributed by atoms with Gasteiger partial charge in [0.1, 0.15) is 11.0 Å². The van der Waals surface area contributed by atoms with E-state index in [9.17, 15) is 9.90 Å². The van der Waals surface area contributed by atoms with Crippen LogP contribution in [-0.4, -0.2) is 48.6 Å². The number of hydrogen-bond donors (Lipinski definition) is 2. The molecule has 0 spiro atoms. The molecule has 2 rings (SSSR count). The maximum atomic E-state index is 12.4. The number of carbonyl (C=O) groups is 1. The molecule has 2 N–H and O–H groups in total. The number of nitrogens with one attached hydrogen (secondary N) is 1. The third kappa shape index (κ3) is 2.27. The molecule has 2 saturated heterocycles. The third-order valence-electron chi connectivity index (χ3n) is 3.85. The fourth-order valence-corrected chi connectivity index (χ4v) is 2.60. The van der Waals surface area contributed by atoms with E-state index in [0.717, 1.165) is 0 Å². The Balaban J connectivity index is 2.17. The molecule has 0 aromatic rings. The highest BCUT2D eigenvalue weighted by Crippen LogP contribution is 2.43. The summed E-state index contributed by atoms with van der Waals surface area (Å²) in [5, 5.41) is 13.9. The van der Waals surface area contributed by atoms with E-state index in [-0.39, 0.29) is 5.97 Å². The van der Waals surface area contributed by atoms with Gasteiger partial charge in [0.25, 0.3) is 0 Å². The molecule has 0 aliphatic carbocycles. The second-order valence-electron chi connectivity index (χ2n) is 6.33. The van der Waals surface area contributed by atoms with Crippen LogP contribution in [0.4, 0.5) is 0 Å². The maximum absolute atomic E-state index is 12.4. The van der Waals surface area contributed by atoms with E-state index in [1.807, 2.05) is 20.8 Å². The summed E-state index contributed by atoms with van der Waals surface area (Å²) >= 11 is 0. The lowest BCUT2D eigenvalue weighted by molar-refractivity contribution is -0.207. The zero-order valence-corrected chi connectivity index (χ0v) is 11.4. The molecule has 0 saturated carbocycles. The largest absolute Gasteiger partial charge is 0.459 e. The molecule has 0 aromatic heterocycles. The Hall–Kier alpha value is -0.650. The van der Waals surface area contributed by atoms with Gasteiger partial charge < -0.3 is 19.9 Å². The maximum Gasteiger partial charge on any atom is 0.318 e. The minimum atomic E-state index is -1.00. The summed E-state index contributed by atoms with van der Waals surface area (Å²) in [6, 6.07) is 0. The predicted molar refractivity (Wildman–Crippen MR) is 66.2 cm³/mol. The van der Waals surface area contributed by atoms with Crippen molar-refractivity contribution in [2.75, 3.05) is 26.3 Å². The molecule has 0 atom stereocenters. The summed E-state index contributed by atoms with van der Waals surface area (Å²) in [4.78, 5) is 12.4. The quantitative estimate of drug-likeness (QED) is 0.703. The summed E-state index contributed by atoms with van der Waals surface area (Å²) < 4.78 is 10.8. The normalized spacial score (nSPS) is 26.2. The summed E-state index contributed by atoms with van der Waals surface area (Å²) in [5.41, 5.74) is -2.33. The highest BCUT2D eigenvalue weighted by atomic mass is 16.6. The molecule has 104 valence electrons. The Bertz CT molecular complexity index is 324. The van der Waals surface area contributed by atoms with Crippen LogP contribution >= 0.6 is 0 Å². The predicted octanol–water partition coefficient (Wildman–Crippen LogP) is 0.459. The van der Waals surface area contributed by atoms with Gasteiger partial charge in [-0.3, -0.25) is 4.79 Å². The number of carbonyl (C=O) groups excluding carboxylic acids is 1. The average Bonchev–Trinajstić information content (AvgIpc) is 2.12. The fraction of sp³-hybridized carbons (Fsp3) is 0.923. The molecule has 2 heterocycles. The monoisotopic (exact) mass is 257 g/mol. The van der Waals surface area contributed by atoms with E-state index in [0.29, 0.717) is 39.1 Å². The van der Waals surface area contributed by atoms with Gasteiger partial charge in [-0.2, -0.15) is 0 Å². The van der Waals surface area contributed by atoms with Gasteiger partial charge in [-0.1, -0.05) is 0 Å². The van der Waals surface area contributed by atoms with E-state index in [4.69, 9.17) is 9.47 Å². The van der Waals surface area contributed by atoms with Gasteiger partial charge in [-0.25, -0.2) is 0 Å². The highest BCUT2D eigenvalue weighted by molar-refractivity contribution is 5.81. The van der Waals surface area contributed by atoms with Gasteiger partial charge >= 0.3 is 5.97 Å². The zero-order chi connectivity index (χ0) is 13.4. The smallest absolute Gasteiger partial charge is 0.318 e. The van der Waals surface area contributed by atoms with E-state index in [1.54, 1.807) is 0 Å². The van der Waals surface area contributed by atoms with Crippen molar-refractivity contribution >= 4 is 5.97 Å². The Morgan fingerprint density at radius 1 is 1.28 bits per heavy atom. The molecule has 0 bridgehead atoms. The van der Waals surface area contributed by atoms with Gasteiger partial charge in [0, 0.05) is 39.1 Å². The van der Waals surface area contributed by atoms with Crippen molar-refractivity contribution in [1.29, 1.82) is 0 Å². The van der Waals surface area contributed by atoms with Crippen LogP contribution in [0, 0.1) is 5.41 Å². The Morgan fingerprint density at radius 2 is 1.83 bits per heavy atom. The summed E-state index contributed by atoms with van der Waals surface area (Å²) in [7, 11) is 0. The molecule has 5 heteroatoms. The molecule has 2 aliphatic heterocycles. The first-order chi connectivity index (χ1) is 8.29. The molecule has 2 fully saturated rings. The van der Waals surface area contributed by atoms with Gasteiger partial charge in [0.15, 0.2) is 0 Å². The van der Waals surface area contributed by atoms with E-state index in [1.165, 1.54) is 0 Å². The van der Waals surface area contributed by atoms with E-state index < -0.39 is 16.6 Å². The van der Waals surface area contributed by atoms with Crippen LogP contribution in [0.2, 0.25) is 0 Å². The first-order valence-electron chi connectivity index (χ1n) is 6.53. The number of ether oxygens (including phenoxy) is 2. The van der Waals surface area contributed by atoms with Gasteiger partial charge in [-0.15, -0.1) is 0 Å². The van der Waals surface area contributed by atoms with Crippen molar-refractivity contribution in [2.45, 2.75) is 44.8 Å². The molecule has 0 amide bonds. The van der Waals surface area contributed by atoms with Crippen molar-refractivity contribution in [3.63, 3.8) is 0 Å². The molecule has 5 nitrogen and oxygen atoms in total. The Labute approximate surface area is 108 Å². The molecule has 0 radical (unpaired) electrons. The molecular weight excluding hydrogens is 234 g/mol. The third-order valence-corrected chi connectivity index (χ3v) is 3.85. The van der Waals surface area contributed by atoms with Gasteiger partial charge in [0.05, 0.1) is 5.60 Å². The van der Waals surface area contributed by atoms with Gasteiger partial charge in [0.2, 0.25) is 0 Å². The van der Waals surface area contributed by atoms with Crippen molar-refractivity contribution in [2.24, 2.45) is 5.41 Å². The highest BCUT2D eigenvalue weighted by Gasteiger charge is 2.61. The first kappa shape index (κ1) is 13.8. The molecule has 0 unspecified atom stereocenters. The first-order valence-corrected chi connectivity index (χ1v) is 6.53. The summed E-state index contributed by atoms with van der Waals surface area (Å²) in [6.07, 6.45) is 0.988. The molecule has 2 aliphatic rings. The van der Waals surface area contributed by atoms with Gasteiger partial charge in [-0.05, 0) is 20.8 Å². The van der Waals surface area contributed by atoms with E-state index >= 15 is 0 Å². The van der Waals surface area contributed by atoms with Crippen LogP contribution in [0.3, 0.4) is 0 Å². The number of esters is 1. The van der Waals surface area contributed by atoms with Crippen molar-refractivity contribution in [3.8, 4) is 0 Å². The van der Waals surface area contributed by atoms with Crippen LogP contribution in [0.1, 0.15) is 33.6 Å². The SMILES string of the molecule is CC(C)(C)OC(=O)C1(C2(O)CCOCC2)CNC1. The lowest BCUT2D eigenvalue weighted by atomic mass is 9.64. The van der Waals surface area contributed by atoms with E-state index in [2.05, 4.69) is 5.32 Å². The van der Waals surface area contributed by atoms with Crippen molar-refractivity contribution in [1.82, 2.24) is 5.32 Å². The average molecular weight is 257 g/mol. The standard InChI is InChI=1S/C13H23NO4/c1-11(2,3)18-10(15)12(8-14-9-12)13(16)4-6-17-7-5-13/h14,16H,4-9H2,1-3H3. The summed E-state index contributed by atoms with van der Waals surface area (Å²) in [6.45, 7) is 7.51. The second-order valence-corrected chi connectivity index (χ2v) is 6.33.